The van der Waals surface area contributed by atoms with Crippen LogP contribution < -0.4 is 9.47 Å². The molecule has 25 heavy (non-hydrogen) atoms. The van der Waals surface area contributed by atoms with Gasteiger partial charge >= 0.3 is 6.18 Å². The Morgan fingerprint density at radius 3 is 2.48 bits per heavy atom. The molecule has 1 aromatic carbocycles. The molecule has 1 aliphatic heterocycles. The number of methoxy groups -OCH3 is 2. The third-order valence-corrected chi connectivity index (χ3v) is 3.86. The molecule has 0 saturated heterocycles. The van der Waals surface area contributed by atoms with Crippen molar-refractivity contribution in [1.82, 2.24) is 5.01 Å². The van der Waals surface area contributed by atoms with E-state index in [1.54, 1.807) is 6.92 Å². The van der Waals surface area contributed by atoms with Crippen molar-refractivity contribution in [3.8, 4) is 11.5 Å². The number of hydrogen-bond acceptors (Lipinski definition) is 5. The van der Waals surface area contributed by atoms with Gasteiger partial charge < -0.3 is 14.6 Å². The van der Waals surface area contributed by atoms with Crippen molar-refractivity contribution in [2.24, 2.45) is 5.10 Å². The van der Waals surface area contributed by atoms with Crippen LogP contribution >= 0.6 is 0 Å². The van der Waals surface area contributed by atoms with Crippen LogP contribution in [0.3, 0.4) is 0 Å². The summed E-state index contributed by atoms with van der Waals surface area (Å²) in [6.07, 6.45) is -5.00. The Kier molecular flexibility index (Phi) is 5.26. The quantitative estimate of drug-likeness (QED) is 0.876. The molecule has 1 N–H and O–H groups in total. The van der Waals surface area contributed by atoms with Gasteiger partial charge in [0, 0.05) is 17.7 Å². The van der Waals surface area contributed by atoms with Crippen LogP contribution in [-0.4, -0.2) is 47.9 Å². The number of carbonyl (C=O) groups is 1. The fourth-order valence-electron chi connectivity index (χ4n) is 2.57. The number of amides is 1. The highest BCUT2D eigenvalue weighted by atomic mass is 19.4. The van der Waals surface area contributed by atoms with E-state index in [9.17, 15) is 23.1 Å². The molecule has 1 heterocycles. The van der Waals surface area contributed by atoms with Gasteiger partial charge in [0.05, 0.1) is 14.2 Å². The third-order valence-electron chi connectivity index (χ3n) is 3.86. The van der Waals surface area contributed by atoms with Gasteiger partial charge in [-0.1, -0.05) is 13.3 Å². The number of alkyl halides is 3. The first kappa shape index (κ1) is 19.0. The van der Waals surface area contributed by atoms with Gasteiger partial charge in [-0.05, 0) is 24.6 Å². The molecular formula is C16H19F3N2O4. The number of halogens is 3. The Morgan fingerprint density at radius 1 is 1.32 bits per heavy atom. The van der Waals surface area contributed by atoms with Gasteiger partial charge in [-0.25, -0.2) is 0 Å². The van der Waals surface area contributed by atoms with E-state index in [2.05, 4.69) is 5.10 Å². The maximum Gasteiger partial charge on any atom is 0.438 e. The first-order valence-corrected chi connectivity index (χ1v) is 7.60. The predicted octanol–water partition coefficient (Wildman–Crippen LogP) is 2.96. The predicted molar refractivity (Wildman–Crippen MR) is 83.7 cm³/mol. The topological polar surface area (TPSA) is 71.4 Å². The number of benzene rings is 1. The van der Waals surface area contributed by atoms with Crippen molar-refractivity contribution in [2.75, 3.05) is 14.2 Å². The molecule has 0 fully saturated rings. The largest absolute Gasteiger partial charge is 0.493 e. The second-order valence-electron chi connectivity index (χ2n) is 5.59. The van der Waals surface area contributed by atoms with Gasteiger partial charge in [0.2, 0.25) is 0 Å². The first-order chi connectivity index (χ1) is 11.7. The zero-order chi connectivity index (χ0) is 18.8. The highest BCUT2D eigenvalue weighted by molar-refractivity contribution is 5.98. The normalized spacial score (nSPS) is 20.4. The summed E-state index contributed by atoms with van der Waals surface area (Å²) >= 11 is 0. The van der Waals surface area contributed by atoms with Crippen LogP contribution in [0.25, 0.3) is 0 Å². The number of hydrogen-bond donors (Lipinski definition) is 1. The zero-order valence-electron chi connectivity index (χ0n) is 14.1. The van der Waals surface area contributed by atoms with E-state index < -0.39 is 24.2 Å². The summed E-state index contributed by atoms with van der Waals surface area (Å²) in [5.74, 6) is -0.575. The first-order valence-electron chi connectivity index (χ1n) is 7.60. The molecule has 0 aliphatic carbocycles. The fourth-order valence-corrected chi connectivity index (χ4v) is 2.57. The van der Waals surface area contributed by atoms with E-state index in [1.165, 1.54) is 32.4 Å². The van der Waals surface area contributed by atoms with Crippen LogP contribution in [0, 0.1) is 0 Å². The summed E-state index contributed by atoms with van der Waals surface area (Å²) in [4.78, 5) is 12.6. The van der Waals surface area contributed by atoms with E-state index in [1.807, 2.05) is 0 Å². The molecular weight excluding hydrogens is 341 g/mol. The second-order valence-corrected chi connectivity index (χ2v) is 5.59. The van der Waals surface area contributed by atoms with Gasteiger partial charge in [0.15, 0.2) is 11.5 Å². The zero-order valence-corrected chi connectivity index (χ0v) is 14.1. The minimum Gasteiger partial charge on any atom is -0.493 e. The average Bonchev–Trinajstić information content (AvgIpc) is 2.91. The molecule has 6 nitrogen and oxygen atoms in total. The van der Waals surface area contributed by atoms with E-state index in [0.29, 0.717) is 12.2 Å². The summed E-state index contributed by atoms with van der Waals surface area (Å²) in [5.41, 5.74) is -3.35. The van der Waals surface area contributed by atoms with Crippen LogP contribution in [0.2, 0.25) is 0 Å². The van der Waals surface area contributed by atoms with Crippen molar-refractivity contribution >= 4 is 11.6 Å². The van der Waals surface area contributed by atoms with Gasteiger partial charge in [-0.2, -0.15) is 23.3 Å². The van der Waals surface area contributed by atoms with Gasteiger partial charge in [0.1, 0.15) is 0 Å². The molecule has 2 rings (SSSR count). The Hall–Kier alpha value is -2.29. The van der Waals surface area contributed by atoms with Gasteiger partial charge in [-0.15, -0.1) is 0 Å². The molecule has 1 atom stereocenters. The number of nitrogens with zero attached hydrogens (tertiary/aromatic N) is 2. The molecule has 0 bridgehead atoms. The smallest absolute Gasteiger partial charge is 0.438 e. The van der Waals surface area contributed by atoms with E-state index in [0.717, 1.165) is 0 Å². The number of carbonyl (C=O) groups excluding carboxylic acids is 1. The summed E-state index contributed by atoms with van der Waals surface area (Å²) in [6, 6.07) is 3.92. The Labute approximate surface area is 142 Å². The lowest BCUT2D eigenvalue weighted by Gasteiger charge is -2.32. The maximum absolute atomic E-state index is 13.4. The molecule has 0 saturated carbocycles. The van der Waals surface area contributed by atoms with Crippen molar-refractivity contribution < 1.29 is 32.5 Å². The van der Waals surface area contributed by atoms with Gasteiger partial charge in [0.25, 0.3) is 11.6 Å². The van der Waals surface area contributed by atoms with Crippen molar-refractivity contribution in [1.29, 1.82) is 0 Å². The molecule has 138 valence electrons. The van der Waals surface area contributed by atoms with Crippen LogP contribution in [0.4, 0.5) is 13.2 Å². The monoisotopic (exact) mass is 360 g/mol. The Morgan fingerprint density at radius 2 is 1.96 bits per heavy atom. The molecule has 9 heteroatoms. The Bertz CT molecular complexity index is 690. The molecule has 0 radical (unpaired) electrons. The number of hydrazone groups is 1. The average molecular weight is 360 g/mol. The van der Waals surface area contributed by atoms with E-state index in [-0.39, 0.29) is 28.5 Å². The van der Waals surface area contributed by atoms with Crippen LogP contribution in [0.15, 0.2) is 23.3 Å². The van der Waals surface area contributed by atoms with Crippen molar-refractivity contribution in [3.05, 3.63) is 23.8 Å². The third kappa shape index (κ3) is 3.41. The molecule has 1 amide bonds. The molecule has 0 unspecified atom stereocenters. The summed E-state index contributed by atoms with van der Waals surface area (Å²) < 4.78 is 50.2. The van der Waals surface area contributed by atoms with Crippen LogP contribution in [-0.2, 0) is 0 Å². The van der Waals surface area contributed by atoms with Crippen LogP contribution in [0.1, 0.15) is 36.5 Å². The lowest BCUT2D eigenvalue weighted by Crippen LogP contribution is -2.56. The van der Waals surface area contributed by atoms with Gasteiger partial charge in [-0.3, -0.25) is 4.79 Å². The minimum atomic E-state index is -5.04. The molecule has 0 aromatic heterocycles. The maximum atomic E-state index is 13.4. The lowest BCUT2D eigenvalue weighted by molar-refractivity contribution is -0.297. The highest BCUT2D eigenvalue weighted by Crippen LogP contribution is 2.42. The Balaban J connectivity index is 2.44. The minimum absolute atomic E-state index is 0.109. The summed E-state index contributed by atoms with van der Waals surface area (Å²) in [5, 5.41) is 14.0. The standard InChI is InChI=1S/C16H19F3N2O4/c1-4-5-11-9-15(23,16(17,18)19)21(20-11)14(22)10-6-7-12(24-2)13(8-10)25-3/h6-8,23H,4-5,9H2,1-3H3/t15-/m1/s1. The summed E-state index contributed by atoms with van der Waals surface area (Å²) in [6.45, 7) is 1.77. The molecule has 1 aliphatic rings. The van der Waals surface area contributed by atoms with Crippen molar-refractivity contribution in [2.45, 2.75) is 38.1 Å². The summed E-state index contributed by atoms with van der Waals surface area (Å²) in [7, 11) is 2.73. The number of ether oxygens (including phenoxy) is 2. The number of aliphatic hydroxyl groups is 1. The SMILES string of the molecule is CCCC1=NN(C(=O)c2ccc(OC)c(OC)c2)[C@](O)(C(F)(F)F)C1. The van der Waals surface area contributed by atoms with Crippen molar-refractivity contribution in [3.63, 3.8) is 0 Å². The fraction of sp³-hybridized carbons (Fsp3) is 0.500. The second kappa shape index (κ2) is 6.91. The number of rotatable bonds is 5. The molecule has 0 spiro atoms. The van der Waals surface area contributed by atoms with Crippen LogP contribution in [0.5, 0.6) is 11.5 Å². The van der Waals surface area contributed by atoms with E-state index >= 15 is 0 Å². The lowest BCUT2D eigenvalue weighted by atomic mass is 10.0. The highest BCUT2D eigenvalue weighted by Gasteiger charge is 2.63. The molecule has 1 aromatic rings. The van der Waals surface area contributed by atoms with E-state index in [4.69, 9.17) is 9.47 Å².